The van der Waals surface area contributed by atoms with Crippen molar-refractivity contribution in [3.63, 3.8) is 0 Å². The number of hydrogen-bond acceptors (Lipinski definition) is 16. The average molecular weight is 1030 g/mol. The van der Waals surface area contributed by atoms with Gasteiger partial charge in [-0.3, -0.25) is 65.5 Å². The van der Waals surface area contributed by atoms with Gasteiger partial charge in [-0.15, -0.1) is 5.75 Å². The van der Waals surface area contributed by atoms with Crippen molar-refractivity contribution >= 4 is 130 Å². The quantitative estimate of drug-likeness (QED) is 0.128. The van der Waals surface area contributed by atoms with E-state index < -0.39 is 0 Å². The molecule has 14 nitrogen and oxygen atoms in total. The Hall–Kier alpha value is -2.16. The molecular formula is C42H61N3O11S5Y-2. The number of thioether (sulfide) groups is 5. The zero-order chi connectivity index (χ0) is 47.1. The second-order valence-corrected chi connectivity index (χ2v) is 18.3. The summed E-state index contributed by atoms with van der Waals surface area (Å²) in [7, 11) is 0. The number of benzene rings is 1. The Morgan fingerprint density at radius 1 is 0.694 bits per heavy atom. The van der Waals surface area contributed by atoms with E-state index in [1.807, 2.05) is 25.0 Å². The van der Waals surface area contributed by atoms with Crippen LogP contribution < -0.4 is 5.32 Å². The molecule has 0 bridgehead atoms. The van der Waals surface area contributed by atoms with Crippen LogP contribution in [0.25, 0.3) is 0 Å². The van der Waals surface area contributed by atoms with Gasteiger partial charge in [-0.2, -0.15) is 65.7 Å². The largest absolute Gasteiger partial charge is 0.542 e. The summed E-state index contributed by atoms with van der Waals surface area (Å²) < 4.78 is 0. The zero-order valence-electron chi connectivity index (χ0n) is 37.4. The van der Waals surface area contributed by atoms with Crippen molar-refractivity contribution in [2.24, 2.45) is 11.8 Å². The van der Waals surface area contributed by atoms with Gasteiger partial charge in [0, 0.05) is 69.3 Å². The zero-order valence-corrected chi connectivity index (χ0v) is 44.3. The predicted octanol–water partition coefficient (Wildman–Crippen LogP) is 5.64. The van der Waals surface area contributed by atoms with E-state index in [0.717, 1.165) is 36.3 Å². The Labute approximate surface area is 413 Å². The monoisotopic (exact) mass is 1030 g/mol. The number of rotatable bonds is 15. The molecule has 1 radical (unpaired) electrons. The van der Waals surface area contributed by atoms with E-state index in [2.05, 4.69) is 5.32 Å². The van der Waals surface area contributed by atoms with Crippen LogP contribution in [0.4, 0.5) is 5.69 Å². The van der Waals surface area contributed by atoms with Crippen LogP contribution in [-0.4, -0.2) is 147 Å². The molecule has 3 aliphatic rings. The van der Waals surface area contributed by atoms with Gasteiger partial charge in [-0.25, -0.2) is 0 Å². The number of nitrogens with zero attached hydrogens (tertiary/aromatic N) is 2. The summed E-state index contributed by atoms with van der Waals surface area (Å²) in [6.45, 7) is 7.93. The summed E-state index contributed by atoms with van der Waals surface area (Å²) in [5, 5.41) is 2.27. The van der Waals surface area contributed by atoms with E-state index in [1.165, 1.54) is 79.0 Å². The molecule has 1 N–H and O–H groups in total. The molecule has 3 fully saturated rings. The number of Topliss-reactive ketones (excluding diaryl/α,β-unsaturated/α-hetero) is 4. The van der Waals surface area contributed by atoms with Crippen LogP contribution >= 0.6 is 58.8 Å². The van der Waals surface area contributed by atoms with E-state index in [9.17, 15) is 47.9 Å². The van der Waals surface area contributed by atoms with Gasteiger partial charge < -0.3 is 14.9 Å². The summed E-state index contributed by atoms with van der Waals surface area (Å²) in [4.78, 5) is 121. The molecule has 2 unspecified atom stereocenters. The first-order valence-electron chi connectivity index (χ1n) is 19.1. The topological polar surface area (TPSA) is 206 Å². The SMILES string of the molecule is CSC1CC(=O)N(CC(C)=O)C1=O.CSC1CC(=O)N(CC2CCC(C(C)=O)CC2)C1=O.CSCC(=O)Nc1ccc(C(C)=O)cc1.CSCC(C)=O.CSC[C-]=O.C[C-]=O.[Y]. The molecule has 0 aromatic heterocycles. The van der Waals surface area contributed by atoms with Crippen LogP contribution in [0.1, 0.15) is 83.5 Å². The van der Waals surface area contributed by atoms with Crippen molar-refractivity contribution in [2.45, 2.75) is 83.6 Å². The molecule has 1 aliphatic carbocycles. The molecule has 2 saturated heterocycles. The van der Waals surface area contributed by atoms with Crippen LogP contribution in [0.15, 0.2) is 24.3 Å². The van der Waals surface area contributed by atoms with Crippen LogP contribution in [0.3, 0.4) is 0 Å². The first-order chi connectivity index (χ1) is 28.8. The van der Waals surface area contributed by atoms with E-state index in [4.69, 9.17) is 4.79 Å². The fourth-order valence-electron chi connectivity index (χ4n) is 5.64. The van der Waals surface area contributed by atoms with E-state index in [-0.39, 0.29) is 115 Å². The van der Waals surface area contributed by atoms with E-state index in [0.29, 0.717) is 41.7 Å². The van der Waals surface area contributed by atoms with Gasteiger partial charge in [0.05, 0.1) is 28.6 Å². The fraction of sp³-hybridized carbons (Fsp3) is 0.595. The van der Waals surface area contributed by atoms with Gasteiger partial charge in [0.2, 0.25) is 29.5 Å². The summed E-state index contributed by atoms with van der Waals surface area (Å²) in [5.41, 5.74) is 1.37. The molecule has 345 valence electrons. The number of carbonyl (C=O) groups excluding carboxylic acids is 11. The van der Waals surface area contributed by atoms with Gasteiger partial charge >= 0.3 is 0 Å². The van der Waals surface area contributed by atoms with Crippen molar-refractivity contribution in [3.05, 3.63) is 29.8 Å². The average Bonchev–Trinajstić information content (AvgIpc) is 3.64. The third-order valence-electron chi connectivity index (χ3n) is 8.62. The molecule has 1 aromatic rings. The van der Waals surface area contributed by atoms with Gasteiger partial charge in [0.15, 0.2) is 5.78 Å². The second kappa shape index (κ2) is 38.1. The second-order valence-electron chi connectivity index (χ2n) is 13.6. The number of hydrogen-bond donors (Lipinski definition) is 1. The molecule has 62 heavy (non-hydrogen) atoms. The van der Waals surface area contributed by atoms with E-state index in [1.54, 1.807) is 62.4 Å². The number of amides is 5. The molecule has 2 heterocycles. The number of likely N-dealkylation sites (tertiary alicyclic amines) is 2. The van der Waals surface area contributed by atoms with Gasteiger partial charge in [-0.05, 0) is 115 Å². The molecule has 5 amide bonds. The molecule has 1 saturated carbocycles. The summed E-state index contributed by atoms with van der Waals surface area (Å²) in [5.74, 6) is 2.00. The van der Waals surface area contributed by atoms with Crippen molar-refractivity contribution < 1.29 is 85.4 Å². The maximum Gasteiger partial charge on any atom is 0.243 e. The number of ketones is 4. The van der Waals surface area contributed by atoms with E-state index >= 15 is 0 Å². The maximum atomic E-state index is 12.0. The van der Waals surface area contributed by atoms with Crippen molar-refractivity contribution in [1.82, 2.24) is 9.80 Å². The van der Waals surface area contributed by atoms with Crippen LogP contribution in [0, 0.1) is 11.8 Å². The third kappa shape index (κ3) is 27.9. The smallest absolute Gasteiger partial charge is 0.243 e. The number of nitrogens with one attached hydrogen (secondary N) is 1. The first kappa shape index (κ1) is 64.1. The van der Waals surface area contributed by atoms with Crippen molar-refractivity contribution in [2.75, 3.05) is 66.9 Å². The Morgan fingerprint density at radius 3 is 1.48 bits per heavy atom. The van der Waals surface area contributed by atoms with Crippen LogP contribution in [0.5, 0.6) is 0 Å². The molecular weight excluding hydrogens is 972 g/mol. The minimum Gasteiger partial charge on any atom is -0.542 e. The Kier molecular flexibility index (Phi) is 39.5. The van der Waals surface area contributed by atoms with Gasteiger partial charge in [0.25, 0.3) is 0 Å². The standard InChI is InChI=1S/C14H21NO3S.C11H13NO2S.C8H11NO3S.C4H8OS.C3H5OS.C2H3O.Y/c1-9(16)11-5-3-10(4-6-11)8-15-13(17)7-12(19-2)14(15)18;1-8(13)9-3-5-10(6-4-9)12-11(14)7-15-2;1-5(10)4-9-7(11)3-6(13-2)8(9)12;1-4(5)3-6-2;1-5-3-2-4;1-2-3;/h10-12H,3-8H2,1-2H3;3-6H,7H2,1-2H3,(H,12,14);6H,3-4H2,1-2H3;3H2,1-2H3;3H2,1H3;1H3;/q;;;;2*-1;. The van der Waals surface area contributed by atoms with Crippen molar-refractivity contribution in [1.29, 1.82) is 0 Å². The number of anilines is 1. The Bertz CT molecular complexity index is 1610. The molecule has 2 aliphatic heterocycles. The molecule has 1 aromatic carbocycles. The molecule has 4 rings (SSSR count). The maximum absolute atomic E-state index is 12.0. The Balaban J connectivity index is -0.000000733. The molecule has 20 heteroatoms. The fourth-order valence-corrected chi connectivity index (χ4v) is 7.78. The predicted molar refractivity (Wildman–Crippen MR) is 252 cm³/mol. The summed E-state index contributed by atoms with van der Waals surface area (Å²) in [6.07, 6.45) is 16.8. The normalized spacial score (nSPS) is 18.5. The van der Waals surface area contributed by atoms with Gasteiger partial charge in [0.1, 0.15) is 17.3 Å². The van der Waals surface area contributed by atoms with Gasteiger partial charge in [-0.1, -0.05) is 0 Å². The molecule has 0 spiro atoms. The Morgan fingerprint density at radius 2 is 1.16 bits per heavy atom. The first-order valence-corrected chi connectivity index (χ1v) is 25.8. The van der Waals surface area contributed by atoms with Crippen LogP contribution in [-0.2, 0) is 80.7 Å². The number of imide groups is 2. The number of carbonyl (C=O) groups is 9. The summed E-state index contributed by atoms with van der Waals surface area (Å²) in [6, 6.07) is 6.87. The minimum absolute atomic E-state index is 0. The van der Waals surface area contributed by atoms with Crippen molar-refractivity contribution in [3.8, 4) is 0 Å². The minimum atomic E-state index is -0.285. The van der Waals surface area contributed by atoms with Crippen LogP contribution in [0.2, 0.25) is 0 Å². The molecule has 2 atom stereocenters. The third-order valence-corrected chi connectivity index (χ3v) is 12.1. The summed E-state index contributed by atoms with van der Waals surface area (Å²) >= 11 is 7.32.